The van der Waals surface area contributed by atoms with Crippen molar-refractivity contribution in [2.24, 2.45) is 5.41 Å². The maximum absolute atomic E-state index is 11.8. The number of ketones is 2. The van der Waals surface area contributed by atoms with Crippen LogP contribution in [0.25, 0.3) is 0 Å². The fourth-order valence-corrected chi connectivity index (χ4v) is 1.24. The van der Waals surface area contributed by atoms with Gasteiger partial charge in [0.05, 0.1) is 0 Å². The monoisotopic (exact) mass is 224 g/mol. The van der Waals surface area contributed by atoms with Gasteiger partial charge >= 0.3 is 0 Å². The number of allylic oxidation sites excluding steroid dienone is 2. The second-order valence-corrected chi connectivity index (χ2v) is 4.82. The molecule has 0 fully saturated rings. The summed E-state index contributed by atoms with van der Waals surface area (Å²) in [4.78, 5) is 23.2. The van der Waals surface area contributed by atoms with E-state index in [9.17, 15) is 9.59 Å². The normalized spacial score (nSPS) is 12.0. The van der Waals surface area contributed by atoms with Crippen LogP contribution >= 0.6 is 0 Å². The minimum absolute atomic E-state index is 0.0636. The molecule has 0 aliphatic heterocycles. The molecule has 2 nitrogen and oxygen atoms in total. The number of carbonyl (C=O) groups excluding carboxylic acids is 2. The Balaban J connectivity index is 3.97. The van der Waals surface area contributed by atoms with Gasteiger partial charge in [-0.05, 0) is 18.9 Å². The molecule has 0 amide bonds. The summed E-state index contributed by atoms with van der Waals surface area (Å²) in [6, 6.07) is 0. The van der Waals surface area contributed by atoms with E-state index in [1.165, 1.54) is 0 Å². The van der Waals surface area contributed by atoms with E-state index in [0.29, 0.717) is 12.8 Å². The first-order chi connectivity index (χ1) is 7.44. The minimum atomic E-state index is -0.284. The lowest BCUT2D eigenvalue weighted by Crippen LogP contribution is -2.23. The number of hydrogen-bond acceptors (Lipinski definition) is 2. The molecule has 0 spiro atoms. The highest BCUT2D eigenvalue weighted by Crippen LogP contribution is 2.23. The van der Waals surface area contributed by atoms with Crippen LogP contribution in [-0.2, 0) is 9.59 Å². The van der Waals surface area contributed by atoms with E-state index in [0.717, 1.165) is 19.3 Å². The van der Waals surface area contributed by atoms with Crippen LogP contribution in [-0.4, -0.2) is 11.6 Å². The molecule has 0 N–H and O–H groups in total. The Morgan fingerprint density at radius 3 is 2.25 bits per heavy atom. The summed E-state index contributed by atoms with van der Waals surface area (Å²) < 4.78 is 0. The molecular weight excluding hydrogens is 200 g/mol. The maximum Gasteiger partial charge on any atom is 0.155 e. The van der Waals surface area contributed by atoms with Gasteiger partial charge in [0, 0.05) is 18.3 Å². The van der Waals surface area contributed by atoms with Gasteiger partial charge in [-0.1, -0.05) is 40.2 Å². The highest BCUT2D eigenvalue weighted by Gasteiger charge is 2.24. The Morgan fingerprint density at radius 2 is 1.75 bits per heavy atom. The van der Waals surface area contributed by atoms with E-state index >= 15 is 0 Å². The lowest BCUT2D eigenvalue weighted by Gasteiger charge is -2.20. The largest absolute Gasteiger partial charge is 0.299 e. The first-order valence-corrected chi connectivity index (χ1v) is 6.16. The zero-order chi connectivity index (χ0) is 12.6. The van der Waals surface area contributed by atoms with Crippen LogP contribution in [0.2, 0.25) is 0 Å². The molecule has 0 rings (SSSR count). The molecule has 0 bridgehead atoms. The average molecular weight is 224 g/mol. The smallest absolute Gasteiger partial charge is 0.155 e. The van der Waals surface area contributed by atoms with E-state index in [1.807, 2.05) is 26.8 Å². The summed E-state index contributed by atoms with van der Waals surface area (Å²) in [5.41, 5.74) is -0.284. The fraction of sp³-hybridized carbons (Fsp3) is 0.714. The van der Waals surface area contributed by atoms with Crippen LogP contribution in [0.3, 0.4) is 0 Å². The predicted molar refractivity (Wildman–Crippen MR) is 67.4 cm³/mol. The van der Waals surface area contributed by atoms with Gasteiger partial charge in [-0.2, -0.15) is 0 Å². The van der Waals surface area contributed by atoms with Crippen molar-refractivity contribution in [3.05, 3.63) is 12.2 Å². The Kier molecular flexibility index (Phi) is 6.95. The van der Waals surface area contributed by atoms with Crippen molar-refractivity contribution in [3.8, 4) is 0 Å². The molecule has 0 aliphatic carbocycles. The molecule has 2 heteroatoms. The third-order valence-corrected chi connectivity index (χ3v) is 3.00. The topological polar surface area (TPSA) is 34.1 Å². The van der Waals surface area contributed by atoms with Crippen LogP contribution in [0.5, 0.6) is 0 Å². The zero-order valence-corrected chi connectivity index (χ0v) is 11.0. The molecule has 0 saturated carbocycles. The molecule has 16 heavy (non-hydrogen) atoms. The van der Waals surface area contributed by atoms with Gasteiger partial charge in [0.15, 0.2) is 5.78 Å². The summed E-state index contributed by atoms with van der Waals surface area (Å²) in [5.74, 6) is 0.251. The summed E-state index contributed by atoms with van der Waals surface area (Å²) in [5, 5.41) is 0. The summed E-state index contributed by atoms with van der Waals surface area (Å²) in [6.45, 7) is 7.95. The van der Waals surface area contributed by atoms with Crippen molar-refractivity contribution in [3.63, 3.8) is 0 Å². The number of hydrogen-bond donors (Lipinski definition) is 0. The number of unbranched alkanes of at least 4 members (excludes halogenated alkanes) is 1. The van der Waals surface area contributed by atoms with Crippen LogP contribution in [0, 0.1) is 5.41 Å². The van der Waals surface area contributed by atoms with Crippen LogP contribution in [0.15, 0.2) is 12.2 Å². The van der Waals surface area contributed by atoms with Crippen LogP contribution in [0.1, 0.15) is 59.8 Å². The third-order valence-electron chi connectivity index (χ3n) is 3.00. The SMILES string of the molecule is CCC/C=C/C(=O)CCC(=O)C(C)(C)CC. The Morgan fingerprint density at radius 1 is 1.12 bits per heavy atom. The molecule has 0 aliphatic rings. The van der Waals surface area contributed by atoms with Gasteiger partial charge in [-0.3, -0.25) is 9.59 Å². The van der Waals surface area contributed by atoms with E-state index < -0.39 is 0 Å². The van der Waals surface area contributed by atoms with E-state index in [-0.39, 0.29) is 17.0 Å². The molecule has 0 heterocycles. The third kappa shape index (κ3) is 5.84. The van der Waals surface area contributed by atoms with Crippen LogP contribution in [0.4, 0.5) is 0 Å². The van der Waals surface area contributed by atoms with Crippen molar-refractivity contribution < 1.29 is 9.59 Å². The first kappa shape index (κ1) is 15.1. The minimum Gasteiger partial charge on any atom is -0.299 e. The van der Waals surface area contributed by atoms with Crippen molar-refractivity contribution in [2.45, 2.75) is 59.8 Å². The van der Waals surface area contributed by atoms with Gasteiger partial charge in [0.2, 0.25) is 0 Å². The molecule has 0 aromatic carbocycles. The molecule has 0 aromatic heterocycles. The van der Waals surface area contributed by atoms with Gasteiger partial charge in [0.1, 0.15) is 5.78 Å². The zero-order valence-electron chi connectivity index (χ0n) is 11.0. The number of Topliss-reactive ketones (excluding diaryl/α,β-unsaturated/α-hetero) is 1. The predicted octanol–water partition coefficient (Wildman–Crippen LogP) is 3.70. The first-order valence-electron chi connectivity index (χ1n) is 6.16. The molecule has 0 saturated heterocycles. The van der Waals surface area contributed by atoms with Gasteiger partial charge in [0.25, 0.3) is 0 Å². The van der Waals surface area contributed by atoms with Crippen molar-refractivity contribution in [1.29, 1.82) is 0 Å². The molecule has 0 unspecified atom stereocenters. The second kappa shape index (κ2) is 7.37. The van der Waals surface area contributed by atoms with Gasteiger partial charge in [-0.25, -0.2) is 0 Å². The average Bonchev–Trinajstić information content (AvgIpc) is 2.26. The van der Waals surface area contributed by atoms with E-state index in [1.54, 1.807) is 6.08 Å². The number of rotatable bonds is 8. The molecule has 0 radical (unpaired) electrons. The van der Waals surface area contributed by atoms with Crippen molar-refractivity contribution in [2.75, 3.05) is 0 Å². The molecule has 0 atom stereocenters. The van der Waals surface area contributed by atoms with Crippen molar-refractivity contribution in [1.82, 2.24) is 0 Å². The highest BCUT2D eigenvalue weighted by atomic mass is 16.1. The molecule has 92 valence electrons. The Hall–Kier alpha value is -0.920. The molecular formula is C14H24O2. The highest BCUT2D eigenvalue weighted by molar-refractivity contribution is 5.94. The Bertz CT molecular complexity index is 262. The lowest BCUT2D eigenvalue weighted by atomic mass is 9.83. The quantitative estimate of drug-likeness (QED) is 0.589. The van der Waals surface area contributed by atoms with E-state index in [4.69, 9.17) is 0 Å². The lowest BCUT2D eigenvalue weighted by molar-refractivity contribution is -0.129. The Labute approximate surface area is 99.1 Å². The standard InChI is InChI=1S/C14H24O2/c1-5-7-8-9-12(15)10-11-13(16)14(3,4)6-2/h8-9H,5-7,10-11H2,1-4H3/b9-8+. The van der Waals surface area contributed by atoms with Gasteiger partial charge in [-0.15, -0.1) is 0 Å². The van der Waals surface area contributed by atoms with Crippen LogP contribution < -0.4 is 0 Å². The molecule has 0 aromatic rings. The second-order valence-electron chi connectivity index (χ2n) is 4.82. The fourth-order valence-electron chi connectivity index (χ4n) is 1.24. The van der Waals surface area contributed by atoms with Gasteiger partial charge < -0.3 is 0 Å². The summed E-state index contributed by atoms with van der Waals surface area (Å²) in [7, 11) is 0. The maximum atomic E-state index is 11.8. The summed E-state index contributed by atoms with van der Waals surface area (Å²) in [6.07, 6.45) is 7.02. The summed E-state index contributed by atoms with van der Waals surface area (Å²) >= 11 is 0. The van der Waals surface area contributed by atoms with E-state index in [2.05, 4.69) is 6.92 Å². The number of carbonyl (C=O) groups is 2. The van der Waals surface area contributed by atoms with Crippen molar-refractivity contribution >= 4 is 11.6 Å².